The van der Waals surface area contributed by atoms with Crippen LogP contribution in [0.15, 0.2) is 126 Å². The molecule has 6 rings (SSSR count). The summed E-state index contributed by atoms with van der Waals surface area (Å²) in [6, 6.07) is 37.8. The van der Waals surface area contributed by atoms with Crippen LogP contribution < -0.4 is 10.0 Å². The number of carbonyl (C=O) groups is 1. The second kappa shape index (κ2) is 14.9. The van der Waals surface area contributed by atoms with E-state index in [9.17, 15) is 18.3 Å². The van der Waals surface area contributed by atoms with Gasteiger partial charge in [-0.05, 0) is 84.1 Å². The standard InChI is InChI=1S/C39H35Cl2N3O4S/c1-26-9-8-14-34(41)38(26)49(47,48)43-24-22-36-32(21-23-42-31-18-15-29(16-19-31)39(45)46)33-25-30(40)17-20-35(33)44(36)37(27-10-4-2-5-11-27)28-12-6-3-7-13-28/h2-20,25,37,42-43H,21-24H2,1H3,(H,45,46). The Morgan fingerprint density at radius 1 is 0.796 bits per heavy atom. The number of fused-ring (bicyclic) bond motifs is 1. The molecule has 0 radical (unpaired) electrons. The van der Waals surface area contributed by atoms with Crippen molar-refractivity contribution in [3.8, 4) is 0 Å². The van der Waals surface area contributed by atoms with E-state index in [0.717, 1.165) is 39.0 Å². The van der Waals surface area contributed by atoms with Crippen molar-refractivity contribution in [3.05, 3.63) is 165 Å². The van der Waals surface area contributed by atoms with Crippen LogP contribution in [0.3, 0.4) is 0 Å². The number of carboxylic acids is 1. The fraction of sp³-hybridized carbons (Fsp3) is 0.154. The minimum Gasteiger partial charge on any atom is -0.478 e. The molecule has 250 valence electrons. The third-order valence-electron chi connectivity index (χ3n) is 8.59. The molecule has 6 aromatic rings. The number of halogens is 2. The summed E-state index contributed by atoms with van der Waals surface area (Å²) in [5, 5.41) is 14.5. The van der Waals surface area contributed by atoms with Gasteiger partial charge in [0.2, 0.25) is 10.0 Å². The van der Waals surface area contributed by atoms with Crippen LogP contribution >= 0.6 is 23.2 Å². The zero-order valence-electron chi connectivity index (χ0n) is 26.7. The smallest absolute Gasteiger partial charge is 0.335 e. The number of aryl methyl sites for hydroxylation is 1. The SMILES string of the molecule is Cc1cccc(Cl)c1S(=O)(=O)NCCc1c(CCNc2ccc(C(=O)O)cc2)c2cc(Cl)ccc2n1C(c1ccccc1)c1ccccc1. The summed E-state index contributed by atoms with van der Waals surface area (Å²) in [6.07, 6.45) is 0.973. The Kier molecular flexibility index (Phi) is 10.4. The molecule has 0 amide bonds. The molecule has 0 saturated heterocycles. The van der Waals surface area contributed by atoms with E-state index in [1.807, 2.05) is 54.6 Å². The van der Waals surface area contributed by atoms with Crippen LogP contribution in [-0.4, -0.2) is 37.2 Å². The minimum absolute atomic E-state index is 0.0776. The lowest BCUT2D eigenvalue weighted by Crippen LogP contribution is -2.28. The van der Waals surface area contributed by atoms with E-state index in [0.29, 0.717) is 30.0 Å². The number of benzene rings is 5. The van der Waals surface area contributed by atoms with Gasteiger partial charge in [-0.1, -0.05) is 96.0 Å². The maximum absolute atomic E-state index is 13.6. The molecular weight excluding hydrogens is 677 g/mol. The van der Waals surface area contributed by atoms with Crippen LogP contribution in [-0.2, 0) is 22.9 Å². The number of nitrogens with one attached hydrogen (secondary N) is 2. The molecule has 0 fully saturated rings. The van der Waals surface area contributed by atoms with E-state index >= 15 is 0 Å². The highest BCUT2D eigenvalue weighted by molar-refractivity contribution is 7.89. The van der Waals surface area contributed by atoms with E-state index in [1.54, 1.807) is 49.4 Å². The number of hydrogen-bond acceptors (Lipinski definition) is 4. The topological polar surface area (TPSA) is 100 Å². The summed E-state index contributed by atoms with van der Waals surface area (Å²) in [4.78, 5) is 11.4. The van der Waals surface area contributed by atoms with Gasteiger partial charge in [0.05, 0.1) is 16.6 Å². The summed E-state index contributed by atoms with van der Waals surface area (Å²) in [7, 11) is -3.91. The minimum atomic E-state index is -3.91. The Balaban J connectivity index is 1.44. The Labute approximate surface area is 296 Å². The molecule has 1 heterocycles. The van der Waals surface area contributed by atoms with Crippen LogP contribution in [0, 0.1) is 6.92 Å². The highest BCUT2D eigenvalue weighted by Gasteiger charge is 2.26. The summed E-state index contributed by atoms with van der Waals surface area (Å²) < 4.78 is 32.2. The first-order valence-corrected chi connectivity index (χ1v) is 18.1. The zero-order chi connectivity index (χ0) is 34.5. The van der Waals surface area contributed by atoms with Gasteiger partial charge in [0.25, 0.3) is 0 Å². The normalized spacial score (nSPS) is 11.7. The molecule has 0 bridgehead atoms. The average molecular weight is 713 g/mol. The number of sulfonamides is 1. The van der Waals surface area contributed by atoms with Crippen LogP contribution in [0.4, 0.5) is 5.69 Å². The predicted molar refractivity (Wildman–Crippen MR) is 198 cm³/mol. The third kappa shape index (κ3) is 7.53. The van der Waals surface area contributed by atoms with Gasteiger partial charge in [-0.25, -0.2) is 17.9 Å². The molecule has 0 aliphatic heterocycles. The van der Waals surface area contributed by atoms with Crippen LogP contribution in [0.2, 0.25) is 10.0 Å². The quantitative estimate of drug-likeness (QED) is 0.111. The van der Waals surface area contributed by atoms with Gasteiger partial charge >= 0.3 is 5.97 Å². The van der Waals surface area contributed by atoms with Crippen LogP contribution in [0.5, 0.6) is 0 Å². The summed E-state index contributed by atoms with van der Waals surface area (Å²) in [5.41, 5.74) is 6.72. The number of anilines is 1. The lowest BCUT2D eigenvalue weighted by atomic mass is 9.97. The molecule has 0 atom stereocenters. The van der Waals surface area contributed by atoms with Gasteiger partial charge in [0, 0.05) is 46.8 Å². The molecule has 49 heavy (non-hydrogen) atoms. The van der Waals surface area contributed by atoms with Crippen molar-refractivity contribution in [2.75, 3.05) is 18.4 Å². The van der Waals surface area contributed by atoms with Crippen molar-refractivity contribution >= 4 is 55.8 Å². The molecule has 0 aliphatic carbocycles. The van der Waals surface area contributed by atoms with E-state index < -0.39 is 16.0 Å². The fourth-order valence-electron chi connectivity index (χ4n) is 6.41. The van der Waals surface area contributed by atoms with Crippen molar-refractivity contribution < 1.29 is 18.3 Å². The number of aromatic nitrogens is 1. The average Bonchev–Trinajstić information content (AvgIpc) is 3.37. The van der Waals surface area contributed by atoms with Gasteiger partial charge in [-0.15, -0.1) is 0 Å². The van der Waals surface area contributed by atoms with E-state index in [1.165, 1.54) is 0 Å². The number of nitrogens with zero attached hydrogens (tertiary/aromatic N) is 1. The Bertz CT molecular complexity index is 2150. The molecule has 0 saturated carbocycles. The fourth-order valence-corrected chi connectivity index (χ4v) is 8.44. The third-order valence-corrected chi connectivity index (χ3v) is 10.9. The van der Waals surface area contributed by atoms with E-state index in [-0.39, 0.29) is 28.1 Å². The lowest BCUT2D eigenvalue weighted by Gasteiger charge is -2.25. The van der Waals surface area contributed by atoms with Crippen molar-refractivity contribution in [2.24, 2.45) is 0 Å². The highest BCUT2D eigenvalue weighted by Crippen LogP contribution is 2.38. The first-order chi connectivity index (χ1) is 23.6. The molecule has 3 N–H and O–H groups in total. The Morgan fingerprint density at radius 2 is 1.45 bits per heavy atom. The maximum atomic E-state index is 13.6. The largest absolute Gasteiger partial charge is 0.478 e. The first-order valence-electron chi connectivity index (χ1n) is 15.9. The molecule has 1 aromatic heterocycles. The first kappa shape index (κ1) is 34.3. The number of hydrogen-bond donors (Lipinski definition) is 3. The highest BCUT2D eigenvalue weighted by atomic mass is 35.5. The second-order valence-corrected chi connectivity index (χ2v) is 14.3. The van der Waals surface area contributed by atoms with Crippen molar-refractivity contribution in [2.45, 2.75) is 30.7 Å². The van der Waals surface area contributed by atoms with E-state index in [4.69, 9.17) is 23.2 Å². The maximum Gasteiger partial charge on any atom is 0.335 e. The van der Waals surface area contributed by atoms with Gasteiger partial charge < -0.3 is 15.0 Å². The summed E-state index contributed by atoms with van der Waals surface area (Å²) in [5.74, 6) is -0.979. The van der Waals surface area contributed by atoms with E-state index in [2.05, 4.69) is 38.9 Å². The molecule has 0 unspecified atom stereocenters. The number of aromatic carboxylic acids is 1. The molecule has 0 aliphatic rings. The van der Waals surface area contributed by atoms with Gasteiger partial charge in [-0.2, -0.15) is 0 Å². The van der Waals surface area contributed by atoms with Gasteiger partial charge in [0.1, 0.15) is 4.90 Å². The summed E-state index contributed by atoms with van der Waals surface area (Å²) >= 11 is 13.0. The van der Waals surface area contributed by atoms with Crippen LogP contribution in [0.1, 0.15) is 44.3 Å². The summed E-state index contributed by atoms with van der Waals surface area (Å²) in [6.45, 7) is 2.40. The molecular formula is C39H35Cl2N3O4S. The Morgan fingerprint density at radius 3 is 2.06 bits per heavy atom. The lowest BCUT2D eigenvalue weighted by molar-refractivity contribution is 0.0697. The zero-order valence-corrected chi connectivity index (χ0v) is 29.1. The van der Waals surface area contributed by atoms with Crippen molar-refractivity contribution in [3.63, 3.8) is 0 Å². The molecule has 0 spiro atoms. The van der Waals surface area contributed by atoms with Crippen LogP contribution in [0.25, 0.3) is 10.9 Å². The number of rotatable bonds is 13. The monoisotopic (exact) mass is 711 g/mol. The van der Waals surface area contributed by atoms with Crippen molar-refractivity contribution in [1.82, 2.24) is 9.29 Å². The Hall–Kier alpha value is -4.60. The molecule has 10 heteroatoms. The molecule has 5 aromatic carbocycles. The van der Waals surface area contributed by atoms with Gasteiger partial charge in [0.15, 0.2) is 0 Å². The van der Waals surface area contributed by atoms with Gasteiger partial charge in [-0.3, -0.25) is 0 Å². The predicted octanol–water partition coefficient (Wildman–Crippen LogP) is 8.77. The number of carboxylic acid groups (broad SMARTS) is 1. The van der Waals surface area contributed by atoms with Crippen molar-refractivity contribution in [1.29, 1.82) is 0 Å². The molecule has 7 nitrogen and oxygen atoms in total. The second-order valence-electron chi connectivity index (χ2n) is 11.8.